The summed E-state index contributed by atoms with van der Waals surface area (Å²) in [5, 5.41) is 19.9. The van der Waals surface area contributed by atoms with E-state index in [1.807, 2.05) is 0 Å². The number of aromatic nitrogens is 4. The molecule has 1 fully saturated rings. The van der Waals surface area contributed by atoms with Crippen molar-refractivity contribution in [3.63, 3.8) is 0 Å². The third kappa shape index (κ3) is 2.20. The summed E-state index contributed by atoms with van der Waals surface area (Å²) in [6, 6.07) is 0. The van der Waals surface area contributed by atoms with Crippen molar-refractivity contribution in [3.05, 3.63) is 6.20 Å². The average Bonchev–Trinajstić information content (AvgIpc) is 2.94. The molecule has 0 radical (unpaired) electrons. The lowest BCUT2D eigenvalue weighted by Crippen LogP contribution is -2.44. The summed E-state index contributed by atoms with van der Waals surface area (Å²) in [7, 11) is 1.77. The van der Waals surface area contributed by atoms with Gasteiger partial charge in [0.2, 0.25) is 5.95 Å². The average molecular weight is 264 g/mol. The molecular weight excluding hydrogens is 248 g/mol. The lowest BCUT2D eigenvalue weighted by Gasteiger charge is -2.33. The maximum absolute atomic E-state index is 9.21. The number of H-pyrrole nitrogens is 1. The quantitative estimate of drug-likeness (QED) is 0.693. The fourth-order valence-electron chi connectivity index (χ4n) is 2.19. The van der Waals surface area contributed by atoms with E-state index in [0.717, 1.165) is 17.7 Å². The topological polar surface area (TPSA) is 99.2 Å². The Bertz CT molecular complexity index is 571. The molecular formula is C11H16N6O2. The maximum atomic E-state index is 9.21. The molecule has 8 nitrogen and oxygen atoms in total. The first-order chi connectivity index (χ1) is 9.31. The van der Waals surface area contributed by atoms with Crippen LogP contribution in [0, 0.1) is 0 Å². The molecule has 0 amide bonds. The Hall–Kier alpha value is -1.93. The van der Waals surface area contributed by atoms with Crippen molar-refractivity contribution in [2.45, 2.75) is 6.10 Å². The van der Waals surface area contributed by atoms with Crippen LogP contribution in [0.1, 0.15) is 0 Å². The van der Waals surface area contributed by atoms with Crippen molar-refractivity contribution in [2.24, 2.45) is 0 Å². The van der Waals surface area contributed by atoms with Gasteiger partial charge < -0.3 is 20.1 Å². The number of aliphatic hydroxyl groups excluding tert-OH is 1. The fourth-order valence-corrected chi connectivity index (χ4v) is 2.19. The highest BCUT2D eigenvalue weighted by Crippen LogP contribution is 2.25. The molecule has 102 valence electrons. The predicted molar refractivity (Wildman–Crippen MR) is 70.3 cm³/mol. The van der Waals surface area contributed by atoms with Crippen molar-refractivity contribution >= 4 is 22.8 Å². The molecule has 1 atom stereocenters. The molecule has 3 N–H and O–H groups in total. The lowest BCUT2D eigenvalue weighted by atomic mass is 10.2. The Morgan fingerprint density at radius 3 is 3.26 bits per heavy atom. The first-order valence-electron chi connectivity index (χ1n) is 6.18. The van der Waals surface area contributed by atoms with Gasteiger partial charge in [-0.05, 0) is 0 Å². The smallest absolute Gasteiger partial charge is 0.226 e. The van der Waals surface area contributed by atoms with Crippen molar-refractivity contribution in [1.82, 2.24) is 20.2 Å². The summed E-state index contributed by atoms with van der Waals surface area (Å²) in [5.74, 6) is 1.35. The monoisotopic (exact) mass is 264 g/mol. The van der Waals surface area contributed by atoms with Crippen LogP contribution in [-0.4, -0.2) is 64.7 Å². The Morgan fingerprint density at radius 2 is 2.47 bits per heavy atom. The maximum Gasteiger partial charge on any atom is 0.226 e. The molecule has 19 heavy (non-hydrogen) atoms. The number of hydrogen-bond acceptors (Lipinski definition) is 7. The van der Waals surface area contributed by atoms with Crippen molar-refractivity contribution in [1.29, 1.82) is 0 Å². The van der Waals surface area contributed by atoms with E-state index in [9.17, 15) is 5.11 Å². The molecule has 2 aromatic heterocycles. The molecule has 1 unspecified atom stereocenters. The number of nitrogens with one attached hydrogen (secondary N) is 2. The van der Waals surface area contributed by atoms with Gasteiger partial charge in [-0.1, -0.05) is 0 Å². The number of aromatic amines is 1. The zero-order valence-electron chi connectivity index (χ0n) is 10.6. The molecule has 0 spiro atoms. The van der Waals surface area contributed by atoms with Gasteiger partial charge in [0.25, 0.3) is 0 Å². The fraction of sp³-hybridized carbons (Fsp3) is 0.545. The van der Waals surface area contributed by atoms with Crippen LogP contribution in [0.5, 0.6) is 0 Å². The van der Waals surface area contributed by atoms with Gasteiger partial charge in [-0.3, -0.25) is 5.10 Å². The molecule has 0 aromatic carbocycles. The third-order valence-corrected chi connectivity index (χ3v) is 3.16. The van der Waals surface area contributed by atoms with Gasteiger partial charge in [0.05, 0.1) is 30.9 Å². The van der Waals surface area contributed by atoms with Gasteiger partial charge in [-0.25, -0.2) is 0 Å². The molecule has 1 aliphatic rings. The van der Waals surface area contributed by atoms with Gasteiger partial charge in [-0.2, -0.15) is 15.1 Å². The van der Waals surface area contributed by atoms with Gasteiger partial charge in [0.1, 0.15) is 5.82 Å². The van der Waals surface area contributed by atoms with Crippen LogP contribution in [0.3, 0.4) is 0 Å². The Kier molecular flexibility index (Phi) is 3.18. The summed E-state index contributed by atoms with van der Waals surface area (Å²) in [4.78, 5) is 10.9. The second kappa shape index (κ2) is 4.98. The van der Waals surface area contributed by atoms with Crippen LogP contribution in [-0.2, 0) is 4.74 Å². The van der Waals surface area contributed by atoms with Crippen LogP contribution >= 0.6 is 0 Å². The van der Waals surface area contributed by atoms with E-state index in [4.69, 9.17) is 4.74 Å². The second-order valence-electron chi connectivity index (χ2n) is 4.37. The van der Waals surface area contributed by atoms with Crippen LogP contribution in [0.15, 0.2) is 6.20 Å². The number of nitrogens with zero attached hydrogens (tertiary/aromatic N) is 4. The Labute approximate surface area is 109 Å². The van der Waals surface area contributed by atoms with E-state index in [2.05, 4.69) is 30.4 Å². The zero-order valence-corrected chi connectivity index (χ0v) is 10.6. The number of anilines is 2. The lowest BCUT2D eigenvalue weighted by molar-refractivity contribution is 0.00344. The third-order valence-electron chi connectivity index (χ3n) is 3.16. The molecule has 1 saturated heterocycles. The molecule has 0 bridgehead atoms. The van der Waals surface area contributed by atoms with Gasteiger partial charge in [-0.15, -0.1) is 0 Å². The molecule has 8 heteroatoms. The first kappa shape index (κ1) is 12.1. The SMILES string of the molecule is CNc1nc(N2CCOC(CO)C2)c2cn[nH]c2n1. The molecule has 3 rings (SSSR count). The zero-order chi connectivity index (χ0) is 13.2. The number of aliphatic hydroxyl groups is 1. The molecule has 2 aromatic rings. The molecule has 0 saturated carbocycles. The van der Waals surface area contributed by atoms with E-state index >= 15 is 0 Å². The van der Waals surface area contributed by atoms with Crippen LogP contribution in [0.4, 0.5) is 11.8 Å². The second-order valence-corrected chi connectivity index (χ2v) is 4.37. The van der Waals surface area contributed by atoms with E-state index < -0.39 is 0 Å². The minimum atomic E-state index is -0.177. The predicted octanol–water partition coefficient (Wildman–Crippen LogP) is -0.408. The summed E-state index contributed by atoms with van der Waals surface area (Å²) < 4.78 is 5.45. The molecule has 0 aliphatic carbocycles. The summed E-state index contributed by atoms with van der Waals surface area (Å²) in [6.07, 6.45) is 1.54. The van der Waals surface area contributed by atoms with E-state index in [0.29, 0.717) is 24.7 Å². The Morgan fingerprint density at radius 1 is 1.58 bits per heavy atom. The number of fused-ring (bicyclic) bond motifs is 1. The molecule has 1 aliphatic heterocycles. The minimum Gasteiger partial charge on any atom is -0.394 e. The van der Waals surface area contributed by atoms with Crippen LogP contribution in [0.25, 0.3) is 11.0 Å². The van der Waals surface area contributed by atoms with Crippen molar-refractivity contribution in [2.75, 3.05) is 43.6 Å². The van der Waals surface area contributed by atoms with Crippen molar-refractivity contribution < 1.29 is 9.84 Å². The van der Waals surface area contributed by atoms with Gasteiger partial charge in [0, 0.05) is 20.1 Å². The van der Waals surface area contributed by atoms with E-state index in [1.165, 1.54) is 0 Å². The standard InChI is InChI=1S/C11H16N6O2/c1-12-11-14-9-8(4-13-16-9)10(15-11)17-2-3-19-7(5-17)6-18/h4,7,18H,2-3,5-6H2,1H3,(H2,12,13,14,15,16). The van der Waals surface area contributed by atoms with Gasteiger partial charge in [0.15, 0.2) is 5.65 Å². The number of hydrogen-bond donors (Lipinski definition) is 3. The van der Waals surface area contributed by atoms with Crippen LogP contribution in [0.2, 0.25) is 0 Å². The van der Waals surface area contributed by atoms with Crippen molar-refractivity contribution in [3.8, 4) is 0 Å². The normalized spacial score (nSPS) is 19.9. The Balaban J connectivity index is 2.00. The highest BCUT2D eigenvalue weighted by Gasteiger charge is 2.23. The number of morpholine rings is 1. The minimum absolute atomic E-state index is 0.00893. The summed E-state index contributed by atoms with van der Waals surface area (Å²) in [5.41, 5.74) is 0.696. The molecule has 3 heterocycles. The van der Waals surface area contributed by atoms with E-state index in [-0.39, 0.29) is 12.7 Å². The highest BCUT2D eigenvalue weighted by molar-refractivity contribution is 5.87. The largest absolute Gasteiger partial charge is 0.394 e. The number of ether oxygens (including phenoxy) is 1. The summed E-state index contributed by atoms with van der Waals surface area (Å²) in [6.45, 7) is 1.92. The van der Waals surface area contributed by atoms with Gasteiger partial charge >= 0.3 is 0 Å². The van der Waals surface area contributed by atoms with E-state index in [1.54, 1.807) is 13.2 Å². The highest BCUT2D eigenvalue weighted by atomic mass is 16.5. The summed E-state index contributed by atoms with van der Waals surface area (Å²) >= 11 is 0. The van der Waals surface area contributed by atoms with Crippen LogP contribution < -0.4 is 10.2 Å². The first-order valence-corrected chi connectivity index (χ1v) is 6.18. The number of rotatable bonds is 3.